The maximum absolute atomic E-state index is 15.1. The van der Waals surface area contributed by atoms with E-state index in [1.807, 2.05) is 23.0 Å². The molecule has 0 aliphatic heterocycles. The number of ether oxygens (including phenoxy) is 1. The minimum absolute atomic E-state index is 0.121. The van der Waals surface area contributed by atoms with Crippen LogP contribution in [0, 0.1) is 22.7 Å². The Morgan fingerprint density at radius 2 is 1.75 bits per heavy atom. The molecule has 0 saturated heterocycles. The Kier molecular flexibility index (Phi) is 13.6. The van der Waals surface area contributed by atoms with Gasteiger partial charge in [0.2, 0.25) is 0 Å². The summed E-state index contributed by atoms with van der Waals surface area (Å²) >= 11 is 7.08. The van der Waals surface area contributed by atoms with E-state index in [1.54, 1.807) is 86.0 Å². The Morgan fingerprint density at radius 3 is 2.32 bits per heavy atom. The molecule has 2 aromatic heterocycles. The standard InChI is InChI=1S/C46H60ClN8O7P/c1-29(26-48)38(50-28-43(2,3)4)35-21-31(22-36(47)39(35)49-11)55(42(57)59-19-14-20-60-63(58,61-44(5,6)7)62-45(8,9)10)40(37-27-54(52-51-37)46-23-30(24-46)25-46)33-15-13-16-34-32(33)17-18-53(12)41(34)56/h13,15-18,21-22,27,30,40,50H,11,14,19-20,23-25,28H2,1-10,12H3/b38-29-. The van der Waals surface area contributed by atoms with Crippen molar-refractivity contribution < 1.29 is 27.7 Å². The number of carbonyl (C=O) groups is 1. The van der Waals surface area contributed by atoms with Gasteiger partial charge in [0.1, 0.15) is 11.7 Å². The fourth-order valence-electron chi connectivity index (χ4n) is 7.90. The SMILES string of the molecule is C=Nc1c(Cl)cc(N(C(=O)OCCCOP(=O)(OC(C)(C)C)OC(C)(C)C)C(c2cn(C34CC(C3)C4)nn2)c2cccc3c(=O)n(C)ccc23)cc1/C(NCC(C)(C)C)=C(\C)C#N. The van der Waals surface area contributed by atoms with Gasteiger partial charge in [-0.15, -0.1) is 5.10 Å². The number of hydrogen-bond acceptors (Lipinski definition) is 12. The van der Waals surface area contributed by atoms with E-state index in [-0.39, 0.29) is 46.9 Å². The zero-order valence-electron chi connectivity index (χ0n) is 38.2. The first-order valence-corrected chi connectivity index (χ1v) is 23.0. The van der Waals surface area contributed by atoms with E-state index in [0.29, 0.717) is 57.0 Å². The number of nitriles is 1. The van der Waals surface area contributed by atoms with Gasteiger partial charge in [0.05, 0.1) is 69.9 Å². The Balaban J connectivity index is 1.49. The number of benzene rings is 2. The third kappa shape index (κ3) is 10.8. The maximum Gasteiger partial charge on any atom is 0.475 e. The van der Waals surface area contributed by atoms with E-state index in [4.69, 9.17) is 35.0 Å². The summed E-state index contributed by atoms with van der Waals surface area (Å²) in [6.07, 6.45) is 5.86. The number of nitrogens with zero attached hydrogens (tertiary/aromatic N) is 7. The molecule has 1 N–H and O–H groups in total. The summed E-state index contributed by atoms with van der Waals surface area (Å²) in [5.74, 6) is 0.663. The van der Waals surface area contributed by atoms with Gasteiger partial charge in [-0.25, -0.2) is 14.0 Å². The van der Waals surface area contributed by atoms with Crippen LogP contribution >= 0.6 is 19.4 Å². The van der Waals surface area contributed by atoms with Gasteiger partial charge in [-0.05, 0) is 121 Å². The number of phosphoric ester groups is 1. The van der Waals surface area contributed by atoms with Gasteiger partial charge in [-0.3, -0.25) is 28.3 Å². The summed E-state index contributed by atoms with van der Waals surface area (Å²) in [7, 11) is -2.36. The molecule has 338 valence electrons. The number of halogens is 1. The third-order valence-corrected chi connectivity index (χ3v) is 13.1. The molecule has 63 heavy (non-hydrogen) atoms. The van der Waals surface area contributed by atoms with Gasteiger partial charge in [-0.2, -0.15) is 5.26 Å². The van der Waals surface area contributed by atoms with Crippen LogP contribution in [0.15, 0.2) is 64.2 Å². The average molecular weight is 903 g/mol. The van der Waals surface area contributed by atoms with Crippen molar-refractivity contribution in [3.8, 4) is 6.07 Å². The Labute approximate surface area is 375 Å². The molecule has 0 spiro atoms. The molecule has 7 rings (SSSR count). The average Bonchev–Trinajstić information content (AvgIpc) is 3.60. The van der Waals surface area contributed by atoms with Gasteiger partial charge in [0, 0.05) is 37.2 Å². The highest BCUT2D eigenvalue weighted by Crippen LogP contribution is 2.62. The van der Waals surface area contributed by atoms with Crippen LogP contribution in [0.2, 0.25) is 5.02 Å². The summed E-state index contributed by atoms with van der Waals surface area (Å²) in [4.78, 5) is 34.4. The summed E-state index contributed by atoms with van der Waals surface area (Å²) in [5.41, 5.74) is 0.615. The van der Waals surface area contributed by atoms with Crippen molar-refractivity contribution in [3.05, 3.63) is 86.6 Å². The number of phosphoric acid groups is 1. The molecule has 1 atom stereocenters. The van der Waals surface area contributed by atoms with E-state index in [9.17, 15) is 14.6 Å². The van der Waals surface area contributed by atoms with Crippen LogP contribution in [0.4, 0.5) is 16.2 Å². The van der Waals surface area contributed by atoms with Crippen molar-refractivity contribution >= 4 is 60.1 Å². The van der Waals surface area contributed by atoms with E-state index in [2.05, 4.69) is 49.1 Å². The van der Waals surface area contributed by atoms with E-state index < -0.39 is 31.2 Å². The second-order valence-corrected chi connectivity index (χ2v) is 21.7. The van der Waals surface area contributed by atoms with Gasteiger partial charge < -0.3 is 14.6 Å². The van der Waals surface area contributed by atoms with Gasteiger partial charge >= 0.3 is 13.9 Å². The first-order valence-electron chi connectivity index (χ1n) is 21.1. The van der Waals surface area contributed by atoms with Crippen molar-refractivity contribution in [1.82, 2.24) is 24.9 Å². The number of anilines is 1. The van der Waals surface area contributed by atoms with E-state index >= 15 is 4.79 Å². The van der Waals surface area contributed by atoms with Crippen molar-refractivity contribution in [2.75, 3.05) is 24.7 Å². The predicted octanol–water partition coefficient (Wildman–Crippen LogP) is 10.4. The van der Waals surface area contributed by atoms with Crippen LogP contribution in [0.5, 0.6) is 0 Å². The van der Waals surface area contributed by atoms with Crippen molar-refractivity contribution in [2.24, 2.45) is 23.4 Å². The van der Waals surface area contributed by atoms with Crippen LogP contribution in [-0.2, 0) is 35.5 Å². The highest BCUT2D eigenvalue weighted by Gasteiger charge is 2.59. The highest BCUT2D eigenvalue weighted by molar-refractivity contribution is 7.48. The van der Waals surface area contributed by atoms with Crippen molar-refractivity contribution in [2.45, 2.75) is 118 Å². The number of amides is 1. The number of aryl methyl sites for hydroxylation is 1. The summed E-state index contributed by atoms with van der Waals surface area (Å²) < 4.78 is 40.5. The molecule has 15 nitrogen and oxygen atoms in total. The van der Waals surface area contributed by atoms with Crippen LogP contribution in [-0.4, -0.2) is 63.3 Å². The lowest BCUT2D eigenvalue weighted by atomic mass is 9.50. The number of carbonyl (C=O) groups excluding carboxylic acids is 1. The molecule has 3 aliphatic carbocycles. The zero-order valence-corrected chi connectivity index (χ0v) is 39.9. The lowest BCUT2D eigenvalue weighted by molar-refractivity contribution is -0.0989. The number of pyridine rings is 1. The smallest absolute Gasteiger partial charge is 0.449 e. The van der Waals surface area contributed by atoms with Crippen molar-refractivity contribution in [1.29, 1.82) is 5.26 Å². The summed E-state index contributed by atoms with van der Waals surface area (Å²) in [6.45, 7) is 22.4. The molecule has 3 saturated carbocycles. The summed E-state index contributed by atoms with van der Waals surface area (Å²) in [6, 6.07) is 11.7. The molecular weight excluding hydrogens is 843 g/mol. The monoisotopic (exact) mass is 902 g/mol. The predicted molar refractivity (Wildman–Crippen MR) is 246 cm³/mol. The van der Waals surface area contributed by atoms with E-state index in [0.717, 1.165) is 19.3 Å². The minimum atomic E-state index is -4.04. The molecule has 2 aromatic carbocycles. The van der Waals surface area contributed by atoms with Gasteiger partial charge in [0.25, 0.3) is 5.56 Å². The molecule has 2 heterocycles. The normalized spacial score (nSPS) is 18.4. The molecule has 2 bridgehead atoms. The molecule has 4 aromatic rings. The largest absolute Gasteiger partial charge is 0.475 e. The Hall–Kier alpha value is -4.84. The summed E-state index contributed by atoms with van der Waals surface area (Å²) in [5, 5.41) is 24.2. The van der Waals surface area contributed by atoms with Crippen LogP contribution in [0.1, 0.15) is 118 Å². The molecular formula is C46H60ClN8O7P. The first-order chi connectivity index (χ1) is 29.4. The number of aliphatic imine (C=N–C) groups is 1. The van der Waals surface area contributed by atoms with Gasteiger partial charge in [-0.1, -0.05) is 49.7 Å². The molecule has 0 radical (unpaired) electrons. The topological polar surface area (TPSA) is 175 Å². The number of fused-ring (bicyclic) bond motifs is 1. The highest BCUT2D eigenvalue weighted by atomic mass is 35.5. The quantitative estimate of drug-likeness (QED) is 0.0490. The molecule has 3 fully saturated rings. The zero-order chi connectivity index (χ0) is 46.3. The fourth-order valence-corrected chi connectivity index (χ4v) is 10.0. The Morgan fingerprint density at radius 1 is 1.08 bits per heavy atom. The van der Waals surface area contributed by atoms with E-state index in [1.165, 1.54) is 9.47 Å². The fraction of sp³-hybridized carbons (Fsp3) is 0.522. The molecule has 1 unspecified atom stereocenters. The molecule has 3 aliphatic rings. The van der Waals surface area contributed by atoms with Gasteiger partial charge in [0.15, 0.2) is 0 Å². The Bertz CT molecular complexity index is 2540. The van der Waals surface area contributed by atoms with Crippen LogP contribution in [0.3, 0.4) is 0 Å². The number of aromatic nitrogens is 4. The van der Waals surface area contributed by atoms with Crippen molar-refractivity contribution in [3.63, 3.8) is 0 Å². The third-order valence-electron chi connectivity index (χ3n) is 10.8. The number of hydrogen-bond donors (Lipinski definition) is 1. The molecule has 17 heteroatoms. The molecule has 1 amide bonds. The minimum Gasteiger partial charge on any atom is -0.449 e. The first kappa shape index (κ1) is 47.6. The second kappa shape index (κ2) is 18.0. The lowest BCUT2D eigenvalue weighted by Crippen LogP contribution is -2.59. The lowest BCUT2D eigenvalue weighted by Gasteiger charge is -2.61. The van der Waals surface area contributed by atoms with Crippen LogP contribution < -0.4 is 15.8 Å². The number of allylic oxidation sites excluding steroid dienone is 1. The second-order valence-electron chi connectivity index (χ2n) is 19.8. The number of rotatable bonds is 16. The van der Waals surface area contributed by atoms with Crippen LogP contribution in [0.25, 0.3) is 16.5 Å². The maximum atomic E-state index is 15.1. The number of nitrogens with one attached hydrogen (secondary N) is 1.